The van der Waals surface area contributed by atoms with Gasteiger partial charge < -0.3 is 19.1 Å². The van der Waals surface area contributed by atoms with Crippen LogP contribution in [0.4, 0.5) is 14.5 Å². The maximum absolute atomic E-state index is 14.1. The molecule has 1 aromatic heterocycles. The van der Waals surface area contributed by atoms with Crippen molar-refractivity contribution in [1.82, 2.24) is 15.0 Å². The monoisotopic (exact) mass is 588 g/mol. The SMILES string of the molecule is CC(=O)N1CCCN(Cc2ccc(F)cc2)CCN(C(=O)c2noc(C)c2COc2ccc(F)cc2)Cc2ccccc21. The van der Waals surface area contributed by atoms with Gasteiger partial charge in [0.1, 0.15) is 29.8 Å². The number of hydrogen-bond donors (Lipinski definition) is 0. The number of fused-ring (bicyclic) bond motifs is 1. The summed E-state index contributed by atoms with van der Waals surface area (Å²) in [5.74, 6) is -0.188. The number of halogens is 2. The summed E-state index contributed by atoms with van der Waals surface area (Å²) in [6, 6.07) is 19.6. The lowest BCUT2D eigenvalue weighted by Gasteiger charge is -2.28. The van der Waals surface area contributed by atoms with E-state index < -0.39 is 0 Å². The number of hydrogen-bond acceptors (Lipinski definition) is 6. The highest BCUT2D eigenvalue weighted by Gasteiger charge is 2.28. The van der Waals surface area contributed by atoms with Crippen LogP contribution in [0.3, 0.4) is 0 Å². The van der Waals surface area contributed by atoms with Crippen LogP contribution in [0, 0.1) is 18.6 Å². The Hall–Kier alpha value is -4.57. The quantitative estimate of drug-likeness (QED) is 0.286. The lowest BCUT2D eigenvalue weighted by molar-refractivity contribution is -0.116. The van der Waals surface area contributed by atoms with Gasteiger partial charge in [0.15, 0.2) is 5.69 Å². The Kier molecular flexibility index (Phi) is 9.46. The molecule has 2 amide bonds. The number of rotatable bonds is 6. The first-order valence-electron chi connectivity index (χ1n) is 14.2. The number of ether oxygens (including phenoxy) is 1. The summed E-state index contributed by atoms with van der Waals surface area (Å²) in [7, 11) is 0. The molecule has 5 rings (SSSR count). The fourth-order valence-electron chi connectivity index (χ4n) is 5.21. The van der Waals surface area contributed by atoms with Gasteiger partial charge in [0.25, 0.3) is 5.91 Å². The van der Waals surface area contributed by atoms with Crippen molar-refractivity contribution >= 4 is 17.5 Å². The molecule has 0 radical (unpaired) electrons. The van der Waals surface area contributed by atoms with Crippen molar-refractivity contribution in [3.63, 3.8) is 0 Å². The largest absolute Gasteiger partial charge is 0.489 e. The first kappa shape index (κ1) is 29.9. The summed E-state index contributed by atoms with van der Waals surface area (Å²) in [5.41, 5.74) is 3.19. The van der Waals surface area contributed by atoms with Crippen LogP contribution in [0.1, 0.15) is 46.3 Å². The van der Waals surface area contributed by atoms with E-state index in [2.05, 4.69) is 10.1 Å². The van der Waals surface area contributed by atoms with Crippen molar-refractivity contribution in [1.29, 1.82) is 0 Å². The van der Waals surface area contributed by atoms with Gasteiger partial charge in [-0.1, -0.05) is 35.5 Å². The van der Waals surface area contributed by atoms with Crippen molar-refractivity contribution in [3.05, 3.63) is 113 Å². The molecule has 8 nitrogen and oxygen atoms in total. The van der Waals surface area contributed by atoms with Gasteiger partial charge in [0.05, 0.1) is 5.56 Å². The molecule has 0 aliphatic carbocycles. The highest BCUT2D eigenvalue weighted by molar-refractivity contribution is 5.94. The molecule has 0 atom stereocenters. The molecule has 10 heteroatoms. The van der Waals surface area contributed by atoms with Crippen molar-refractivity contribution in [3.8, 4) is 5.75 Å². The van der Waals surface area contributed by atoms with Crippen LogP contribution < -0.4 is 9.64 Å². The second-order valence-electron chi connectivity index (χ2n) is 10.6. The van der Waals surface area contributed by atoms with Crippen LogP contribution in [-0.4, -0.2) is 52.9 Å². The molecule has 1 aliphatic heterocycles. The fraction of sp³-hybridized carbons (Fsp3) is 0.303. The lowest BCUT2D eigenvalue weighted by atomic mass is 10.1. The zero-order chi connectivity index (χ0) is 30.3. The predicted octanol–water partition coefficient (Wildman–Crippen LogP) is 5.74. The van der Waals surface area contributed by atoms with Crippen LogP contribution in [-0.2, 0) is 24.5 Å². The molecule has 1 aliphatic rings. The van der Waals surface area contributed by atoms with Crippen LogP contribution in [0.25, 0.3) is 0 Å². The molecule has 4 aromatic rings. The number of para-hydroxylation sites is 1. The third-order valence-electron chi connectivity index (χ3n) is 7.56. The van der Waals surface area contributed by atoms with Gasteiger partial charge in [-0.3, -0.25) is 14.5 Å². The van der Waals surface area contributed by atoms with Gasteiger partial charge in [-0.05, 0) is 66.9 Å². The smallest absolute Gasteiger partial charge is 0.276 e. The van der Waals surface area contributed by atoms with Gasteiger partial charge in [-0.25, -0.2) is 8.78 Å². The Bertz CT molecular complexity index is 1560. The number of aryl methyl sites for hydroxylation is 1. The van der Waals surface area contributed by atoms with E-state index in [-0.39, 0.29) is 42.3 Å². The van der Waals surface area contributed by atoms with Crippen molar-refractivity contribution in [2.75, 3.05) is 31.1 Å². The minimum atomic E-state index is -0.374. The van der Waals surface area contributed by atoms with E-state index in [4.69, 9.17) is 9.26 Å². The van der Waals surface area contributed by atoms with Crippen LogP contribution in [0.2, 0.25) is 0 Å². The van der Waals surface area contributed by atoms with E-state index >= 15 is 0 Å². The van der Waals surface area contributed by atoms with E-state index in [9.17, 15) is 18.4 Å². The van der Waals surface area contributed by atoms with Crippen LogP contribution >= 0.6 is 0 Å². The molecule has 0 unspecified atom stereocenters. The third-order valence-corrected chi connectivity index (χ3v) is 7.56. The van der Waals surface area contributed by atoms with Gasteiger partial charge >= 0.3 is 0 Å². The molecule has 0 bridgehead atoms. The Labute approximate surface area is 249 Å². The first-order valence-corrected chi connectivity index (χ1v) is 14.2. The molecular weight excluding hydrogens is 554 g/mol. The van der Waals surface area contributed by atoms with Crippen LogP contribution in [0.15, 0.2) is 77.3 Å². The maximum Gasteiger partial charge on any atom is 0.276 e. The standard InChI is InChI=1S/C33H34F2N4O4/c1-23-30(22-42-29-14-12-28(35)13-15-29)32(36-43-23)33(41)38-19-18-37(20-25-8-10-27(34)11-9-25)16-5-17-39(24(2)40)31-7-4-3-6-26(31)21-38/h3-4,6-15H,5,16-22H2,1-2H3. The fourth-order valence-corrected chi connectivity index (χ4v) is 5.21. The van der Waals surface area contributed by atoms with Crippen molar-refractivity contribution in [2.45, 2.75) is 40.0 Å². The second kappa shape index (κ2) is 13.6. The molecule has 0 saturated heterocycles. The van der Waals surface area contributed by atoms with E-state index in [1.807, 2.05) is 24.3 Å². The van der Waals surface area contributed by atoms with E-state index in [0.29, 0.717) is 49.8 Å². The molecule has 2 heterocycles. The minimum absolute atomic E-state index is 0.0152. The Morgan fingerprint density at radius 1 is 0.907 bits per heavy atom. The number of amides is 2. The molecule has 0 saturated carbocycles. The summed E-state index contributed by atoms with van der Waals surface area (Å²) < 4.78 is 38.2. The molecule has 224 valence electrons. The minimum Gasteiger partial charge on any atom is -0.489 e. The van der Waals surface area contributed by atoms with Gasteiger partial charge in [0.2, 0.25) is 5.91 Å². The van der Waals surface area contributed by atoms with E-state index in [0.717, 1.165) is 23.2 Å². The average molecular weight is 589 g/mol. The predicted molar refractivity (Wildman–Crippen MR) is 157 cm³/mol. The molecule has 3 aromatic carbocycles. The second-order valence-corrected chi connectivity index (χ2v) is 10.6. The molecule has 0 N–H and O–H groups in total. The highest BCUT2D eigenvalue weighted by Crippen LogP contribution is 2.26. The van der Waals surface area contributed by atoms with E-state index in [1.165, 1.54) is 36.4 Å². The van der Waals surface area contributed by atoms with Gasteiger partial charge in [-0.2, -0.15) is 0 Å². The van der Waals surface area contributed by atoms with Crippen LogP contribution in [0.5, 0.6) is 5.75 Å². The molecular formula is C33H34F2N4O4. The van der Waals surface area contributed by atoms with Crippen molar-refractivity contribution in [2.24, 2.45) is 0 Å². The zero-order valence-electron chi connectivity index (χ0n) is 24.3. The number of carbonyl (C=O) groups is 2. The average Bonchev–Trinajstić information content (AvgIpc) is 3.36. The normalized spacial score (nSPS) is 14.6. The zero-order valence-corrected chi connectivity index (χ0v) is 24.3. The number of benzene rings is 3. The number of anilines is 1. The third kappa shape index (κ3) is 7.45. The Balaban J connectivity index is 1.44. The first-order chi connectivity index (χ1) is 20.8. The molecule has 43 heavy (non-hydrogen) atoms. The maximum atomic E-state index is 14.1. The van der Waals surface area contributed by atoms with E-state index in [1.54, 1.807) is 35.8 Å². The summed E-state index contributed by atoms with van der Waals surface area (Å²) >= 11 is 0. The Morgan fingerprint density at radius 3 is 2.33 bits per heavy atom. The number of nitrogens with zero attached hydrogens (tertiary/aromatic N) is 4. The summed E-state index contributed by atoms with van der Waals surface area (Å²) in [5, 5.41) is 4.11. The summed E-state index contributed by atoms with van der Waals surface area (Å²) in [6.07, 6.45) is 0.719. The molecule has 0 fully saturated rings. The van der Waals surface area contributed by atoms with Gasteiger partial charge in [-0.15, -0.1) is 0 Å². The Morgan fingerprint density at radius 2 is 1.60 bits per heavy atom. The number of aromatic nitrogens is 1. The highest BCUT2D eigenvalue weighted by atomic mass is 19.1. The summed E-state index contributed by atoms with van der Waals surface area (Å²) in [6.45, 7) is 6.19. The topological polar surface area (TPSA) is 79.1 Å². The summed E-state index contributed by atoms with van der Waals surface area (Å²) in [4.78, 5) is 32.5. The molecule has 0 spiro atoms. The lowest BCUT2D eigenvalue weighted by Crippen LogP contribution is -2.39. The van der Waals surface area contributed by atoms with Crippen molar-refractivity contribution < 1.29 is 27.6 Å². The number of carbonyl (C=O) groups excluding carboxylic acids is 2. The van der Waals surface area contributed by atoms with Gasteiger partial charge in [0, 0.05) is 51.9 Å².